The Balaban J connectivity index is 1.88. The monoisotopic (exact) mass is 284 g/mol. The Morgan fingerprint density at radius 2 is 2.15 bits per heavy atom. The van der Waals surface area contributed by atoms with Crippen LogP contribution in [0.4, 0.5) is 5.69 Å². The average molecular weight is 284 g/mol. The SMILES string of the molecule is CCc1cccc(NC(=O)c2cc3sccc3n2C)c1. The van der Waals surface area contributed by atoms with Gasteiger partial charge in [0, 0.05) is 12.7 Å². The molecule has 1 N–H and O–H groups in total. The molecule has 1 aromatic carbocycles. The largest absolute Gasteiger partial charge is 0.339 e. The minimum Gasteiger partial charge on any atom is -0.339 e. The zero-order chi connectivity index (χ0) is 14.1. The van der Waals surface area contributed by atoms with Gasteiger partial charge in [-0.15, -0.1) is 11.3 Å². The summed E-state index contributed by atoms with van der Waals surface area (Å²) in [6, 6.07) is 11.9. The second-order valence-corrected chi connectivity index (χ2v) is 5.71. The van der Waals surface area contributed by atoms with Crippen LogP contribution in [0.25, 0.3) is 10.2 Å². The van der Waals surface area contributed by atoms with E-state index in [9.17, 15) is 4.79 Å². The predicted molar refractivity (Wildman–Crippen MR) is 84.6 cm³/mol. The molecule has 0 saturated heterocycles. The molecule has 102 valence electrons. The Bertz CT molecular complexity index is 770. The van der Waals surface area contributed by atoms with Gasteiger partial charge in [0.25, 0.3) is 5.91 Å². The summed E-state index contributed by atoms with van der Waals surface area (Å²) in [7, 11) is 1.92. The first-order chi connectivity index (χ1) is 9.69. The normalized spacial score (nSPS) is 10.9. The van der Waals surface area contributed by atoms with Crippen molar-refractivity contribution in [3.63, 3.8) is 0 Å². The Morgan fingerprint density at radius 1 is 1.30 bits per heavy atom. The molecule has 0 aliphatic rings. The van der Waals surface area contributed by atoms with Gasteiger partial charge in [-0.25, -0.2) is 0 Å². The predicted octanol–water partition coefficient (Wildman–Crippen LogP) is 4.05. The lowest BCUT2D eigenvalue weighted by Gasteiger charge is -2.07. The highest BCUT2D eigenvalue weighted by atomic mass is 32.1. The number of carbonyl (C=O) groups is 1. The first kappa shape index (κ1) is 12.9. The van der Waals surface area contributed by atoms with Gasteiger partial charge in [0.05, 0.1) is 10.2 Å². The van der Waals surface area contributed by atoms with Crippen molar-refractivity contribution >= 4 is 33.1 Å². The van der Waals surface area contributed by atoms with Crippen molar-refractivity contribution in [2.24, 2.45) is 7.05 Å². The average Bonchev–Trinajstić information content (AvgIpc) is 3.02. The number of anilines is 1. The summed E-state index contributed by atoms with van der Waals surface area (Å²) in [6.45, 7) is 2.10. The fraction of sp³-hybridized carbons (Fsp3) is 0.188. The molecule has 0 bridgehead atoms. The van der Waals surface area contributed by atoms with Crippen LogP contribution in [0.2, 0.25) is 0 Å². The molecule has 0 unspecified atom stereocenters. The highest BCUT2D eigenvalue weighted by Crippen LogP contribution is 2.24. The molecule has 0 aliphatic carbocycles. The maximum absolute atomic E-state index is 12.4. The van der Waals surface area contributed by atoms with Crippen molar-refractivity contribution in [1.29, 1.82) is 0 Å². The van der Waals surface area contributed by atoms with E-state index >= 15 is 0 Å². The number of benzene rings is 1. The van der Waals surface area contributed by atoms with Gasteiger partial charge in [-0.1, -0.05) is 19.1 Å². The maximum atomic E-state index is 12.4. The van der Waals surface area contributed by atoms with E-state index in [-0.39, 0.29) is 5.91 Å². The van der Waals surface area contributed by atoms with Crippen molar-refractivity contribution < 1.29 is 4.79 Å². The molecule has 2 aromatic heterocycles. The summed E-state index contributed by atoms with van der Waals surface area (Å²) in [6.07, 6.45) is 0.962. The molecule has 0 radical (unpaired) electrons. The summed E-state index contributed by atoms with van der Waals surface area (Å²) in [4.78, 5) is 12.4. The molecule has 0 spiro atoms. The molecule has 2 heterocycles. The smallest absolute Gasteiger partial charge is 0.272 e. The number of fused-ring (bicyclic) bond motifs is 1. The second kappa shape index (κ2) is 5.13. The number of rotatable bonds is 3. The van der Waals surface area contributed by atoms with Gasteiger partial charge in [0.1, 0.15) is 5.69 Å². The Hall–Kier alpha value is -2.07. The minimum absolute atomic E-state index is 0.0656. The zero-order valence-electron chi connectivity index (χ0n) is 11.5. The highest BCUT2D eigenvalue weighted by Gasteiger charge is 2.14. The van der Waals surface area contributed by atoms with Crippen LogP contribution in [0.3, 0.4) is 0 Å². The molecule has 4 heteroatoms. The van der Waals surface area contributed by atoms with Gasteiger partial charge in [-0.2, -0.15) is 0 Å². The Kier molecular flexibility index (Phi) is 3.32. The van der Waals surface area contributed by atoms with Gasteiger partial charge in [0.2, 0.25) is 0 Å². The molecule has 3 nitrogen and oxygen atoms in total. The lowest BCUT2D eigenvalue weighted by atomic mass is 10.1. The van der Waals surface area contributed by atoms with Crippen molar-refractivity contribution in [2.75, 3.05) is 5.32 Å². The van der Waals surface area contributed by atoms with Crippen LogP contribution in [0, 0.1) is 0 Å². The van der Waals surface area contributed by atoms with Crippen molar-refractivity contribution in [3.05, 3.63) is 53.0 Å². The van der Waals surface area contributed by atoms with Crippen molar-refractivity contribution in [1.82, 2.24) is 4.57 Å². The Labute approximate surface area is 121 Å². The van der Waals surface area contributed by atoms with Crippen LogP contribution in [-0.4, -0.2) is 10.5 Å². The van der Waals surface area contributed by atoms with Crippen LogP contribution in [-0.2, 0) is 13.5 Å². The lowest BCUT2D eigenvalue weighted by Crippen LogP contribution is -2.15. The van der Waals surface area contributed by atoms with Gasteiger partial charge in [-0.3, -0.25) is 4.79 Å². The molecule has 3 aromatic rings. The molecule has 0 aliphatic heterocycles. The Morgan fingerprint density at radius 3 is 2.90 bits per heavy atom. The van der Waals surface area contributed by atoms with Crippen LogP contribution in [0.1, 0.15) is 23.0 Å². The number of nitrogens with zero attached hydrogens (tertiary/aromatic N) is 1. The summed E-state index contributed by atoms with van der Waals surface area (Å²) >= 11 is 1.65. The fourth-order valence-electron chi connectivity index (χ4n) is 2.33. The van der Waals surface area contributed by atoms with Crippen molar-refractivity contribution in [3.8, 4) is 0 Å². The van der Waals surface area contributed by atoms with Gasteiger partial charge >= 0.3 is 0 Å². The number of aryl methyl sites for hydroxylation is 2. The third-order valence-corrected chi connectivity index (χ3v) is 4.34. The van der Waals surface area contributed by atoms with E-state index in [1.165, 1.54) is 5.56 Å². The zero-order valence-corrected chi connectivity index (χ0v) is 12.3. The van der Waals surface area contributed by atoms with Crippen LogP contribution >= 0.6 is 11.3 Å². The molecule has 0 fully saturated rings. The molecular weight excluding hydrogens is 268 g/mol. The van der Waals surface area contributed by atoms with E-state index in [1.54, 1.807) is 11.3 Å². The van der Waals surface area contributed by atoms with E-state index in [0.717, 1.165) is 22.3 Å². The third-order valence-electron chi connectivity index (χ3n) is 3.49. The van der Waals surface area contributed by atoms with E-state index in [1.807, 2.05) is 47.3 Å². The number of hydrogen-bond donors (Lipinski definition) is 1. The fourth-order valence-corrected chi connectivity index (χ4v) is 3.18. The van der Waals surface area contributed by atoms with E-state index in [2.05, 4.69) is 18.3 Å². The number of nitrogens with one attached hydrogen (secondary N) is 1. The molecule has 20 heavy (non-hydrogen) atoms. The van der Waals surface area contributed by atoms with Gasteiger partial charge in [0.15, 0.2) is 0 Å². The summed E-state index contributed by atoms with van der Waals surface area (Å²) in [5, 5.41) is 5.01. The number of amides is 1. The quantitative estimate of drug-likeness (QED) is 0.773. The van der Waals surface area contributed by atoms with Crippen LogP contribution < -0.4 is 5.32 Å². The minimum atomic E-state index is -0.0656. The molecule has 3 rings (SSSR count). The standard InChI is InChI=1S/C16H16N2OS/c1-3-11-5-4-6-12(9-11)17-16(19)14-10-15-13(18(14)2)7-8-20-15/h4-10H,3H2,1-2H3,(H,17,19). The number of carbonyl (C=O) groups excluding carboxylic acids is 1. The van der Waals surface area contributed by atoms with Crippen LogP contribution in [0.5, 0.6) is 0 Å². The first-order valence-electron chi connectivity index (χ1n) is 6.62. The number of thiophene rings is 1. The van der Waals surface area contributed by atoms with E-state index in [4.69, 9.17) is 0 Å². The first-order valence-corrected chi connectivity index (χ1v) is 7.50. The summed E-state index contributed by atoms with van der Waals surface area (Å²) in [5.41, 5.74) is 3.85. The second-order valence-electron chi connectivity index (χ2n) is 4.77. The molecule has 0 atom stereocenters. The molecule has 0 saturated carbocycles. The summed E-state index contributed by atoms with van der Waals surface area (Å²) < 4.78 is 3.07. The number of aromatic nitrogens is 1. The van der Waals surface area contributed by atoms with Gasteiger partial charge < -0.3 is 9.88 Å². The van der Waals surface area contributed by atoms with E-state index < -0.39 is 0 Å². The van der Waals surface area contributed by atoms with E-state index in [0.29, 0.717) is 5.69 Å². The van der Waals surface area contributed by atoms with Gasteiger partial charge in [-0.05, 0) is 41.6 Å². The molecular formula is C16H16N2OS. The van der Waals surface area contributed by atoms with Crippen molar-refractivity contribution in [2.45, 2.75) is 13.3 Å². The number of hydrogen-bond acceptors (Lipinski definition) is 2. The third kappa shape index (κ3) is 2.23. The van der Waals surface area contributed by atoms with Crippen LogP contribution in [0.15, 0.2) is 41.8 Å². The topological polar surface area (TPSA) is 34.0 Å². The lowest BCUT2D eigenvalue weighted by molar-refractivity contribution is 0.102. The maximum Gasteiger partial charge on any atom is 0.272 e. The molecule has 1 amide bonds. The highest BCUT2D eigenvalue weighted by molar-refractivity contribution is 7.17. The summed E-state index contributed by atoms with van der Waals surface area (Å²) in [5.74, 6) is -0.0656.